The smallest absolute Gasteiger partial charge is 0.342 e. The van der Waals surface area contributed by atoms with E-state index < -0.39 is 17.7 Å². The summed E-state index contributed by atoms with van der Waals surface area (Å²) >= 11 is 0. The molecule has 1 unspecified atom stereocenters. The first-order chi connectivity index (χ1) is 13.9. The first kappa shape index (κ1) is 22.0. The van der Waals surface area contributed by atoms with E-state index in [1.54, 1.807) is 13.0 Å². The van der Waals surface area contributed by atoms with E-state index >= 15 is 0 Å². The van der Waals surface area contributed by atoms with Crippen LogP contribution in [0.2, 0.25) is 0 Å². The van der Waals surface area contributed by atoms with E-state index in [0.717, 1.165) is 18.9 Å². The van der Waals surface area contributed by atoms with Gasteiger partial charge in [-0.1, -0.05) is 18.2 Å². The largest absolute Gasteiger partial charge is 0.508 e. The van der Waals surface area contributed by atoms with Crippen LogP contribution in [0.4, 0.5) is 0 Å². The number of fused-ring (bicyclic) bond motifs is 1. The maximum absolute atomic E-state index is 12.6. The summed E-state index contributed by atoms with van der Waals surface area (Å²) < 4.78 is 9.93. The van der Waals surface area contributed by atoms with Crippen LogP contribution in [0.3, 0.4) is 0 Å². The number of ether oxygens (including phenoxy) is 2. The minimum Gasteiger partial charge on any atom is -0.508 e. The maximum Gasteiger partial charge on any atom is 0.342 e. The van der Waals surface area contributed by atoms with Gasteiger partial charge in [-0.25, -0.2) is 9.59 Å². The molecule has 0 aliphatic carbocycles. The summed E-state index contributed by atoms with van der Waals surface area (Å²) in [4.78, 5) is 29.0. The Bertz CT molecular complexity index is 827. The van der Waals surface area contributed by atoms with Gasteiger partial charge in [0.1, 0.15) is 23.2 Å². The highest BCUT2D eigenvalue weighted by Crippen LogP contribution is 2.30. The number of phenolic OH excluding ortho intramolecular Hbond substituents is 2. The van der Waals surface area contributed by atoms with Gasteiger partial charge in [-0.2, -0.15) is 0 Å². The van der Waals surface area contributed by atoms with E-state index in [1.807, 2.05) is 18.2 Å². The number of carbonyl (C=O) groups is 2. The summed E-state index contributed by atoms with van der Waals surface area (Å²) in [6.45, 7) is 1.43. The van der Waals surface area contributed by atoms with Crippen LogP contribution in [-0.4, -0.2) is 42.0 Å². The number of rotatable bonds is 4. The van der Waals surface area contributed by atoms with Crippen LogP contribution >= 0.6 is 0 Å². The van der Waals surface area contributed by atoms with E-state index in [4.69, 9.17) is 9.57 Å². The highest BCUT2D eigenvalue weighted by atomic mass is 16.7. The lowest BCUT2D eigenvalue weighted by molar-refractivity contribution is -0.147. The van der Waals surface area contributed by atoms with E-state index in [9.17, 15) is 19.8 Å². The molecule has 0 saturated heterocycles. The fourth-order valence-electron chi connectivity index (χ4n) is 2.58. The molecule has 8 nitrogen and oxygen atoms in total. The SMILES string of the molecule is COC(=O)CON/C1=C\c2cc(O)cc(O)c2C(=O)OC(C)CC=CCCC=C1. The van der Waals surface area contributed by atoms with Crippen molar-refractivity contribution in [2.24, 2.45) is 0 Å². The lowest BCUT2D eigenvalue weighted by Crippen LogP contribution is -2.20. The number of hydroxylamine groups is 1. The number of hydrogen-bond acceptors (Lipinski definition) is 8. The summed E-state index contributed by atoms with van der Waals surface area (Å²) in [6, 6.07) is 2.39. The van der Waals surface area contributed by atoms with E-state index in [0.29, 0.717) is 12.1 Å². The minimum atomic E-state index is -0.717. The zero-order chi connectivity index (χ0) is 21.2. The number of cyclic esters (lactones) is 1. The van der Waals surface area contributed by atoms with Gasteiger partial charge in [-0.05, 0) is 43.5 Å². The van der Waals surface area contributed by atoms with Crippen molar-refractivity contribution in [3.05, 3.63) is 53.3 Å². The molecule has 0 spiro atoms. The second-order valence-corrected chi connectivity index (χ2v) is 6.40. The molecule has 1 aromatic rings. The van der Waals surface area contributed by atoms with Crippen LogP contribution in [0, 0.1) is 0 Å². The second-order valence-electron chi connectivity index (χ2n) is 6.40. The summed E-state index contributed by atoms with van der Waals surface area (Å²) in [5.41, 5.74) is 3.14. The van der Waals surface area contributed by atoms with Gasteiger partial charge >= 0.3 is 11.9 Å². The van der Waals surface area contributed by atoms with Gasteiger partial charge in [-0.15, -0.1) is 0 Å². The van der Waals surface area contributed by atoms with Crippen LogP contribution in [0.1, 0.15) is 42.1 Å². The molecule has 8 heteroatoms. The highest BCUT2D eigenvalue weighted by molar-refractivity contribution is 5.97. The Kier molecular flexibility index (Phi) is 8.29. The van der Waals surface area contributed by atoms with Gasteiger partial charge in [0.15, 0.2) is 6.61 Å². The third-order valence-electron chi connectivity index (χ3n) is 4.00. The van der Waals surface area contributed by atoms with Crippen molar-refractivity contribution in [2.45, 2.75) is 32.3 Å². The van der Waals surface area contributed by atoms with Gasteiger partial charge in [0.05, 0.1) is 12.8 Å². The molecule has 0 aromatic heterocycles. The van der Waals surface area contributed by atoms with Gasteiger partial charge < -0.3 is 19.7 Å². The summed E-state index contributed by atoms with van der Waals surface area (Å²) in [6.07, 6.45) is 10.7. The summed E-state index contributed by atoms with van der Waals surface area (Å²) in [7, 11) is 1.24. The van der Waals surface area contributed by atoms with Crippen molar-refractivity contribution in [2.75, 3.05) is 13.7 Å². The molecule has 1 aliphatic heterocycles. The number of carbonyl (C=O) groups excluding carboxylic acids is 2. The Morgan fingerprint density at radius 2 is 2.00 bits per heavy atom. The molecule has 1 aliphatic rings. The minimum absolute atomic E-state index is 0.0867. The zero-order valence-corrected chi connectivity index (χ0v) is 16.4. The molecule has 1 atom stereocenters. The molecule has 0 saturated carbocycles. The highest BCUT2D eigenvalue weighted by Gasteiger charge is 2.20. The van der Waals surface area contributed by atoms with Crippen molar-refractivity contribution in [1.82, 2.24) is 5.48 Å². The molecule has 1 heterocycles. The molecule has 1 aromatic carbocycles. The average Bonchev–Trinajstić information content (AvgIpc) is 2.65. The fraction of sp³-hybridized carbons (Fsp3) is 0.333. The molecule has 3 N–H and O–H groups in total. The van der Waals surface area contributed by atoms with Crippen LogP contribution in [0.25, 0.3) is 6.08 Å². The standard InChI is InChI=1S/C21H25NO7/c1-14-8-6-4-3-5-7-9-16(22-28-13-19(25)27-2)10-15-11-17(23)12-18(24)20(15)21(26)29-14/h4,6-7,9-12,14,22-24H,3,5,8,13H2,1-2H3/b6-4?,9-7?,16-10-. The molecule has 0 radical (unpaired) electrons. The van der Waals surface area contributed by atoms with E-state index in [1.165, 1.54) is 19.3 Å². The molecular weight excluding hydrogens is 378 g/mol. The number of nitrogens with one attached hydrogen (secondary N) is 1. The topological polar surface area (TPSA) is 114 Å². The molecule has 156 valence electrons. The zero-order valence-electron chi connectivity index (χ0n) is 16.4. The Hall–Kier alpha value is -3.26. The molecular formula is C21H25NO7. The Balaban J connectivity index is 2.42. The van der Waals surface area contributed by atoms with Crippen LogP contribution in [0.15, 0.2) is 42.1 Å². The molecule has 29 heavy (non-hydrogen) atoms. The third-order valence-corrected chi connectivity index (χ3v) is 4.00. The Morgan fingerprint density at radius 3 is 2.76 bits per heavy atom. The van der Waals surface area contributed by atoms with Crippen LogP contribution in [0.5, 0.6) is 11.5 Å². The van der Waals surface area contributed by atoms with Gasteiger partial charge in [-0.3, -0.25) is 10.3 Å². The van der Waals surface area contributed by atoms with Crippen molar-refractivity contribution in [3.8, 4) is 11.5 Å². The molecule has 0 fully saturated rings. The van der Waals surface area contributed by atoms with E-state index in [2.05, 4.69) is 10.2 Å². The lowest BCUT2D eigenvalue weighted by Gasteiger charge is -2.15. The number of phenols is 2. The normalized spacial score (nSPS) is 19.3. The van der Waals surface area contributed by atoms with Crippen molar-refractivity contribution in [1.29, 1.82) is 0 Å². The van der Waals surface area contributed by atoms with Gasteiger partial charge in [0.2, 0.25) is 0 Å². The number of aromatic hydroxyl groups is 2. The number of methoxy groups -OCH3 is 1. The summed E-state index contributed by atoms with van der Waals surface area (Å²) in [5.74, 6) is -1.91. The predicted molar refractivity (Wildman–Crippen MR) is 106 cm³/mol. The number of esters is 2. The number of benzene rings is 1. The first-order valence-electron chi connectivity index (χ1n) is 9.15. The van der Waals surface area contributed by atoms with Crippen molar-refractivity contribution < 1.29 is 34.1 Å². The third kappa shape index (κ3) is 7.00. The molecule has 2 rings (SSSR count). The van der Waals surface area contributed by atoms with E-state index in [-0.39, 0.29) is 29.6 Å². The van der Waals surface area contributed by atoms with Gasteiger partial charge in [0, 0.05) is 12.5 Å². The second kappa shape index (κ2) is 10.9. The number of hydrogen-bond donors (Lipinski definition) is 3. The van der Waals surface area contributed by atoms with Crippen LogP contribution < -0.4 is 5.48 Å². The predicted octanol–water partition coefficient (Wildman–Crippen LogP) is 2.97. The van der Waals surface area contributed by atoms with Crippen molar-refractivity contribution in [3.63, 3.8) is 0 Å². The quantitative estimate of drug-likeness (QED) is 0.399. The van der Waals surface area contributed by atoms with Crippen molar-refractivity contribution >= 4 is 18.0 Å². The summed E-state index contributed by atoms with van der Waals surface area (Å²) in [5, 5.41) is 20.1. The van der Waals surface area contributed by atoms with Crippen LogP contribution in [-0.2, 0) is 19.1 Å². The fourth-order valence-corrected chi connectivity index (χ4v) is 2.58. The first-order valence-corrected chi connectivity index (χ1v) is 9.15. The molecule has 0 bridgehead atoms. The number of allylic oxidation sites excluding steroid dienone is 3. The maximum atomic E-state index is 12.6. The Morgan fingerprint density at radius 1 is 1.24 bits per heavy atom. The molecule has 0 amide bonds. The average molecular weight is 403 g/mol. The monoisotopic (exact) mass is 403 g/mol. The Labute approximate surface area is 169 Å². The lowest BCUT2D eigenvalue weighted by atomic mass is 10.0. The van der Waals surface area contributed by atoms with Gasteiger partial charge in [0.25, 0.3) is 0 Å².